The summed E-state index contributed by atoms with van der Waals surface area (Å²) in [6.45, 7) is 3.05. The Balaban J connectivity index is 0.000000308. The largest absolute Gasteiger partial charge is 0.477 e. The lowest BCUT2D eigenvalue weighted by Gasteiger charge is -2.17. The van der Waals surface area contributed by atoms with Gasteiger partial charge in [-0.25, -0.2) is 4.79 Å². The number of carboxylic acid groups (broad SMARTS) is 1. The number of carboxylic acids is 1. The van der Waals surface area contributed by atoms with E-state index in [2.05, 4.69) is 15.3 Å². The molecule has 0 saturated heterocycles. The molecule has 2 heterocycles. The molecule has 0 spiro atoms. The van der Waals surface area contributed by atoms with Crippen LogP contribution in [-0.2, 0) is 0 Å². The van der Waals surface area contributed by atoms with Crippen LogP contribution in [0.3, 0.4) is 0 Å². The van der Waals surface area contributed by atoms with E-state index in [9.17, 15) is 34.9 Å². The molecule has 13 heteroatoms. The molecule has 0 unspecified atom stereocenters. The Kier molecular flexibility index (Phi) is 7.78. The Morgan fingerprint density at radius 2 is 1.48 bits per heavy atom. The summed E-state index contributed by atoms with van der Waals surface area (Å²) in [5.74, 6) is -1.94. The van der Waals surface area contributed by atoms with Crippen molar-refractivity contribution in [3.05, 3.63) is 68.3 Å². The number of rotatable bonds is 6. The van der Waals surface area contributed by atoms with Gasteiger partial charge in [0.2, 0.25) is 0 Å². The topological polar surface area (TPSA) is 199 Å². The molecule has 2 aromatic heterocycles. The van der Waals surface area contributed by atoms with Crippen molar-refractivity contribution < 1.29 is 29.6 Å². The summed E-state index contributed by atoms with van der Waals surface area (Å²) in [5, 5.41) is 41.2. The number of carbonyl (C=O) groups is 2. The van der Waals surface area contributed by atoms with E-state index in [4.69, 9.17) is 5.11 Å². The van der Waals surface area contributed by atoms with Crippen LogP contribution < -0.4 is 5.32 Å². The normalized spacial score (nSPS) is 10.3. The molecule has 2 aromatic rings. The van der Waals surface area contributed by atoms with Crippen LogP contribution in [0, 0.1) is 20.2 Å². The quantitative estimate of drug-likeness (QED) is 0.461. The number of amides is 1. The fourth-order valence-corrected chi connectivity index (χ4v) is 1.83. The number of aromatic carboxylic acids is 1. The molecule has 0 aliphatic carbocycles. The van der Waals surface area contributed by atoms with Gasteiger partial charge >= 0.3 is 11.7 Å². The summed E-state index contributed by atoms with van der Waals surface area (Å²) < 4.78 is 0. The minimum atomic E-state index is -1.33. The monoisotopic (exact) mass is 407 g/mol. The molecule has 0 aliphatic heterocycles. The molecule has 0 bridgehead atoms. The highest BCUT2D eigenvalue weighted by Gasteiger charge is 2.22. The average Bonchev–Trinajstić information content (AvgIpc) is 2.65. The Hall–Kier alpha value is -4.00. The maximum absolute atomic E-state index is 11.7. The van der Waals surface area contributed by atoms with E-state index < -0.39 is 33.0 Å². The Labute approximate surface area is 163 Å². The first-order chi connectivity index (χ1) is 13.4. The Bertz CT molecular complexity index is 893. The van der Waals surface area contributed by atoms with Crippen LogP contribution in [-0.4, -0.2) is 54.0 Å². The maximum atomic E-state index is 11.7. The first-order valence-corrected chi connectivity index (χ1v) is 7.84. The van der Waals surface area contributed by atoms with Crippen molar-refractivity contribution in [3.8, 4) is 0 Å². The van der Waals surface area contributed by atoms with Gasteiger partial charge in [0.05, 0.1) is 15.4 Å². The molecule has 0 aromatic carbocycles. The van der Waals surface area contributed by atoms with Crippen molar-refractivity contribution in [2.45, 2.75) is 19.4 Å². The van der Waals surface area contributed by atoms with Gasteiger partial charge in [-0.15, -0.1) is 0 Å². The zero-order valence-corrected chi connectivity index (χ0v) is 15.3. The number of pyridine rings is 2. The number of hydrogen-bond acceptors (Lipinski definition) is 9. The van der Waals surface area contributed by atoms with Crippen molar-refractivity contribution >= 4 is 23.3 Å². The van der Waals surface area contributed by atoms with Crippen LogP contribution >= 0.6 is 0 Å². The van der Waals surface area contributed by atoms with Gasteiger partial charge in [0.15, 0.2) is 0 Å². The number of nitrogens with one attached hydrogen (secondary N) is 1. The summed E-state index contributed by atoms with van der Waals surface area (Å²) in [6, 6.07) is 2.35. The summed E-state index contributed by atoms with van der Waals surface area (Å²) in [4.78, 5) is 48.5. The molecule has 0 fully saturated rings. The van der Waals surface area contributed by atoms with Crippen LogP contribution in [0.4, 0.5) is 11.4 Å². The van der Waals surface area contributed by atoms with Gasteiger partial charge in [-0.3, -0.25) is 35.0 Å². The zero-order chi connectivity index (χ0) is 22.2. The first-order valence-electron chi connectivity index (χ1n) is 7.84. The van der Waals surface area contributed by atoms with Crippen molar-refractivity contribution in [1.29, 1.82) is 0 Å². The van der Waals surface area contributed by atoms with Crippen molar-refractivity contribution in [3.63, 3.8) is 0 Å². The SMILES string of the molecule is CC(C)(O)CNC(=O)c1ccncc1[N+](=O)[O-].O=C(O)c1ccncc1[N+](=O)[O-]. The first kappa shape index (κ1) is 23.0. The van der Waals surface area contributed by atoms with E-state index in [1.54, 1.807) is 0 Å². The van der Waals surface area contributed by atoms with Gasteiger partial charge < -0.3 is 15.5 Å². The average molecular weight is 407 g/mol. The highest BCUT2D eigenvalue weighted by Crippen LogP contribution is 2.16. The molecule has 13 nitrogen and oxygen atoms in total. The van der Waals surface area contributed by atoms with E-state index in [1.165, 1.54) is 32.3 Å². The third-order valence-corrected chi connectivity index (χ3v) is 3.15. The smallest absolute Gasteiger partial charge is 0.342 e. The summed E-state index contributed by atoms with van der Waals surface area (Å²) >= 11 is 0. The lowest BCUT2D eigenvalue weighted by atomic mass is 10.1. The third-order valence-electron chi connectivity index (χ3n) is 3.15. The minimum absolute atomic E-state index is 0.00527. The van der Waals surface area contributed by atoms with E-state index in [0.717, 1.165) is 18.5 Å². The van der Waals surface area contributed by atoms with Gasteiger partial charge in [-0.1, -0.05) is 0 Å². The predicted molar refractivity (Wildman–Crippen MR) is 97.4 cm³/mol. The number of aliphatic hydroxyl groups is 1. The van der Waals surface area contributed by atoms with E-state index in [-0.39, 0.29) is 23.4 Å². The number of carbonyl (C=O) groups excluding carboxylic acids is 1. The van der Waals surface area contributed by atoms with Crippen LogP contribution in [0.2, 0.25) is 0 Å². The lowest BCUT2D eigenvalue weighted by Crippen LogP contribution is -2.38. The predicted octanol–water partition coefficient (Wildman–Crippen LogP) is 1.18. The minimum Gasteiger partial charge on any atom is -0.477 e. The Morgan fingerprint density at radius 3 is 1.86 bits per heavy atom. The standard InChI is InChI=1S/C10H13N3O4.C6H4N2O4/c1-10(2,15)6-12-9(14)7-3-4-11-5-8(7)13(16)17;9-6(10)4-1-2-7-3-5(4)8(11)12/h3-5,15H,6H2,1-2H3,(H,12,14);1-3H,(H,9,10). The maximum Gasteiger partial charge on any atom is 0.342 e. The molecule has 29 heavy (non-hydrogen) atoms. The summed E-state index contributed by atoms with van der Waals surface area (Å²) in [6.07, 6.45) is 4.41. The van der Waals surface area contributed by atoms with Crippen molar-refractivity contribution in [1.82, 2.24) is 15.3 Å². The molecule has 0 radical (unpaired) electrons. The fourth-order valence-electron chi connectivity index (χ4n) is 1.83. The lowest BCUT2D eigenvalue weighted by molar-refractivity contribution is -0.385. The highest BCUT2D eigenvalue weighted by molar-refractivity contribution is 5.97. The molecule has 0 aliphatic rings. The van der Waals surface area contributed by atoms with Crippen LogP contribution in [0.25, 0.3) is 0 Å². The van der Waals surface area contributed by atoms with E-state index >= 15 is 0 Å². The molecule has 1 amide bonds. The number of hydrogen-bond donors (Lipinski definition) is 3. The summed E-state index contributed by atoms with van der Waals surface area (Å²) in [5.41, 5.74) is -2.35. The van der Waals surface area contributed by atoms with Gasteiger partial charge in [0, 0.05) is 18.9 Å². The van der Waals surface area contributed by atoms with Crippen LogP contribution in [0.1, 0.15) is 34.6 Å². The molecular weight excluding hydrogens is 390 g/mol. The third kappa shape index (κ3) is 7.26. The molecule has 2 rings (SSSR count). The molecule has 0 saturated carbocycles. The molecule has 3 N–H and O–H groups in total. The number of aromatic nitrogens is 2. The molecule has 154 valence electrons. The second-order valence-corrected chi connectivity index (χ2v) is 6.10. The van der Waals surface area contributed by atoms with Gasteiger partial charge in [0.1, 0.15) is 23.5 Å². The molecule has 0 atom stereocenters. The van der Waals surface area contributed by atoms with Crippen molar-refractivity contribution in [2.75, 3.05) is 6.54 Å². The summed E-state index contributed by atoms with van der Waals surface area (Å²) in [7, 11) is 0. The highest BCUT2D eigenvalue weighted by atomic mass is 16.6. The van der Waals surface area contributed by atoms with Crippen molar-refractivity contribution in [2.24, 2.45) is 0 Å². The second kappa shape index (κ2) is 9.80. The number of nitrogens with zero attached hydrogens (tertiary/aromatic N) is 4. The van der Waals surface area contributed by atoms with Gasteiger partial charge in [0.25, 0.3) is 11.6 Å². The van der Waals surface area contributed by atoms with Gasteiger partial charge in [-0.2, -0.15) is 0 Å². The van der Waals surface area contributed by atoms with E-state index in [0.29, 0.717) is 0 Å². The van der Waals surface area contributed by atoms with Gasteiger partial charge in [-0.05, 0) is 26.0 Å². The second-order valence-electron chi connectivity index (χ2n) is 6.10. The van der Waals surface area contributed by atoms with Crippen LogP contribution in [0.15, 0.2) is 36.9 Å². The molecular formula is C16H17N5O8. The van der Waals surface area contributed by atoms with E-state index in [1.807, 2.05) is 0 Å². The fraction of sp³-hybridized carbons (Fsp3) is 0.250. The Morgan fingerprint density at radius 1 is 1.03 bits per heavy atom. The van der Waals surface area contributed by atoms with Crippen LogP contribution in [0.5, 0.6) is 0 Å². The number of nitro groups is 2. The zero-order valence-electron chi connectivity index (χ0n) is 15.3.